The van der Waals surface area contributed by atoms with E-state index in [2.05, 4.69) is 62.9 Å². The normalized spacial score (nSPS) is 12.2. The number of hydrogen-bond donors (Lipinski definition) is 1. The number of nitrogens with zero attached hydrogens (tertiary/aromatic N) is 4. The maximum Gasteiger partial charge on any atom is 0.130 e. The van der Waals surface area contributed by atoms with Crippen molar-refractivity contribution < 1.29 is 0 Å². The van der Waals surface area contributed by atoms with Crippen LogP contribution in [0.2, 0.25) is 0 Å². The van der Waals surface area contributed by atoms with Gasteiger partial charge in [-0.2, -0.15) is 0 Å². The number of anilines is 1. The van der Waals surface area contributed by atoms with Crippen LogP contribution >= 0.6 is 0 Å². The van der Waals surface area contributed by atoms with E-state index in [9.17, 15) is 0 Å². The molecule has 3 aromatic rings. The fraction of sp³-hybridized carbons (Fsp3) is 0.316. The molecule has 0 fully saturated rings. The number of aryl methyl sites for hydroxylation is 3. The summed E-state index contributed by atoms with van der Waals surface area (Å²) < 4.78 is 2.07. The highest BCUT2D eigenvalue weighted by molar-refractivity contribution is 5.42. The van der Waals surface area contributed by atoms with Gasteiger partial charge in [0.05, 0.1) is 0 Å². The first-order chi connectivity index (χ1) is 11.6. The summed E-state index contributed by atoms with van der Waals surface area (Å²) >= 11 is 0. The van der Waals surface area contributed by atoms with Crippen LogP contribution in [0.25, 0.3) is 5.69 Å². The van der Waals surface area contributed by atoms with Crippen LogP contribution in [0.1, 0.15) is 42.8 Å². The fourth-order valence-corrected chi connectivity index (χ4v) is 2.76. The molecule has 0 amide bonds. The van der Waals surface area contributed by atoms with Crippen molar-refractivity contribution in [2.75, 3.05) is 5.32 Å². The molecule has 1 unspecified atom stereocenters. The Balaban J connectivity index is 1.77. The quantitative estimate of drug-likeness (QED) is 0.771. The second-order valence-electron chi connectivity index (χ2n) is 5.95. The summed E-state index contributed by atoms with van der Waals surface area (Å²) in [5.41, 5.74) is 3.39. The van der Waals surface area contributed by atoms with Crippen molar-refractivity contribution in [3.05, 3.63) is 65.6 Å². The van der Waals surface area contributed by atoms with Gasteiger partial charge >= 0.3 is 0 Å². The molecule has 0 aliphatic rings. The molecule has 3 rings (SSSR count). The third-order valence-electron chi connectivity index (χ3n) is 4.11. The Kier molecular flexibility index (Phi) is 4.60. The average Bonchev–Trinajstić information content (AvgIpc) is 3.00. The fourth-order valence-electron chi connectivity index (χ4n) is 2.76. The highest BCUT2D eigenvalue weighted by Gasteiger charge is 2.09. The van der Waals surface area contributed by atoms with Crippen LogP contribution in [0.15, 0.2) is 42.7 Å². The summed E-state index contributed by atoms with van der Waals surface area (Å²) in [5.74, 6) is 2.66. The van der Waals surface area contributed by atoms with Crippen LogP contribution in [0.3, 0.4) is 0 Å². The van der Waals surface area contributed by atoms with Crippen molar-refractivity contribution >= 4 is 5.82 Å². The Bertz CT molecular complexity index is 820. The van der Waals surface area contributed by atoms with Gasteiger partial charge in [-0.3, -0.25) is 0 Å². The number of imidazole rings is 1. The zero-order chi connectivity index (χ0) is 17.1. The van der Waals surface area contributed by atoms with Crippen molar-refractivity contribution in [3.63, 3.8) is 0 Å². The van der Waals surface area contributed by atoms with Crippen molar-refractivity contribution in [1.82, 2.24) is 19.5 Å². The van der Waals surface area contributed by atoms with Gasteiger partial charge in [0.15, 0.2) is 0 Å². The molecule has 5 heteroatoms. The Hall–Kier alpha value is -2.69. The standard InChI is InChI=1S/C19H23N5/c1-5-17-12-19(23-14(3)22-17)21-13(2)16-6-8-18(9-7-16)24-11-10-20-15(24)4/h6-13H,5H2,1-4H3,(H,21,22,23). The van der Waals surface area contributed by atoms with Gasteiger partial charge in [-0.05, 0) is 44.9 Å². The molecular weight excluding hydrogens is 298 g/mol. The van der Waals surface area contributed by atoms with Gasteiger partial charge in [-0.1, -0.05) is 19.1 Å². The highest BCUT2D eigenvalue weighted by Crippen LogP contribution is 2.20. The largest absolute Gasteiger partial charge is 0.363 e. The Morgan fingerprint density at radius 1 is 1.12 bits per heavy atom. The zero-order valence-electron chi connectivity index (χ0n) is 14.6. The van der Waals surface area contributed by atoms with E-state index in [0.717, 1.165) is 35.3 Å². The van der Waals surface area contributed by atoms with Crippen molar-refractivity contribution in [2.24, 2.45) is 0 Å². The van der Waals surface area contributed by atoms with E-state index in [-0.39, 0.29) is 6.04 Å². The summed E-state index contributed by atoms with van der Waals surface area (Å²) in [5, 5.41) is 3.47. The molecule has 24 heavy (non-hydrogen) atoms. The molecule has 1 aromatic carbocycles. The highest BCUT2D eigenvalue weighted by atomic mass is 15.1. The van der Waals surface area contributed by atoms with Crippen LogP contribution in [0.5, 0.6) is 0 Å². The van der Waals surface area contributed by atoms with E-state index < -0.39 is 0 Å². The molecule has 0 spiro atoms. The molecule has 0 saturated carbocycles. The smallest absolute Gasteiger partial charge is 0.130 e. The lowest BCUT2D eigenvalue weighted by Crippen LogP contribution is -2.10. The summed E-state index contributed by atoms with van der Waals surface area (Å²) in [7, 11) is 0. The van der Waals surface area contributed by atoms with Crippen molar-refractivity contribution in [2.45, 2.75) is 40.2 Å². The van der Waals surface area contributed by atoms with E-state index in [1.165, 1.54) is 5.56 Å². The molecule has 0 saturated heterocycles. The minimum atomic E-state index is 0.168. The molecule has 2 aromatic heterocycles. The van der Waals surface area contributed by atoms with Gasteiger partial charge < -0.3 is 9.88 Å². The molecule has 2 heterocycles. The third-order valence-corrected chi connectivity index (χ3v) is 4.11. The molecule has 1 N–H and O–H groups in total. The van der Waals surface area contributed by atoms with Gasteiger partial charge in [0.1, 0.15) is 17.5 Å². The summed E-state index contributed by atoms with van der Waals surface area (Å²) in [4.78, 5) is 13.2. The van der Waals surface area contributed by atoms with E-state index in [1.54, 1.807) is 0 Å². The second kappa shape index (κ2) is 6.83. The maximum atomic E-state index is 4.48. The minimum Gasteiger partial charge on any atom is -0.363 e. The Labute approximate surface area is 142 Å². The van der Waals surface area contributed by atoms with E-state index in [1.807, 2.05) is 32.3 Å². The van der Waals surface area contributed by atoms with Gasteiger partial charge in [0, 0.05) is 35.9 Å². The first-order valence-corrected chi connectivity index (χ1v) is 8.28. The minimum absolute atomic E-state index is 0.168. The molecule has 0 bridgehead atoms. The molecule has 0 aliphatic heterocycles. The number of aromatic nitrogens is 4. The topological polar surface area (TPSA) is 55.6 Å². The van der Waals surface area contributed by atoms with E-state index in [0.29, 0.717) is 0 Å². The van der Waals surface area contributed by atoms with Crippen molar-refractivity contribution in [3.8, 4) is 5.69 Å². The number of nitrogens with one attached hydrogen (secondary N) is 1. The first-order valence-electron chi connectivity index (χ1n) is 8.28. The average molecular weight is 321 g/mol. The molecule has 124 valence electrons. The SMILES string of the molecule is CCc1cc(NC(C)c2ccc(-n3ccnc3C)cc2)nc(C)n1. The van der Waals surface area contributed by atoms with Crippen LogP contribution in [0.4, 0.5) is 5.82 Å². The van der Waals surface area contributed by atoms with Crippen LogP contribution in [-0.2, 0) is 6.42 Å². The van der Waals surface area contributed by atoms with Crippen molar-refractivity contribution in [1.29, 1.82) is 0 Å². The molecular formula is C19H23N5. The molecule has 5 nitrogen and oxygen atoms in total. The van der Waals surface area contributed by atoms with Gasteiger partial charge in [0.25, 0.3) is 0 Å². The molecule has 0 radical (unpaired) electrons. The van der Waals surface area contributed by atoms with Gasteiger partial charge in [-0.15, -0.1) is 0 Å². The summed E-state index contributed by atoms with van der Waals surface area (Å²) in [6.45, 7) is 8.17. The van der Waals surface area contributed by atoms with Crippen LogP contribution in [-0.4, -0.2) is 19.5 Å². The lowest BCUT2D eigenvalue weighted by atomic mass is 10.1. The molecule has 0 aliphatic carbocycles. The number of hydrogen-bond acceptors (Lipinski definition) is 4. The Morgan fingerprint density at radius 3 is 2.50 bits per heavy atom. The molecule has 1 atom stereocenters. The number of rotatable bonds is 5. The first kappa shape index (κ1) is 16.2. The van der Waals surface area contributed by atoms with Crippen LogP contribution in [0, 0.1) is 13.8 Å². The second-order valence-corrected chi connectivity index (χ2v) is 5.95. The predicted molar refractivity (Wildman–Crippen MR) is 96.5 cm³/mol. The lowest BCUT2D eigenvalue weighted by molar-refractivity contribution is 0.856. The lowest BCUT2D eigenvalue weighted by Gasteiger charge is -2.16. The Morgan fingerprint density at radius 2 is 1.88 bits per heavy atom. The van der Waals surface area contributed by atoms with Gasteiger partial charge in [-0.25, -0.2) is 15.0 Å². The summed E-state index contributed by atoms with van der Waals surface area (Å²) in [6.07, 6.45) is 4.70. The van der Waals surface area contributed by atoms with Gasteiger partial charge in [0.2, 0.25) is 0 Å². The maximum absolute atomic E-state index is 4.48. The summed E-state index contributed by atoms with van der Waals surface area (Å²) in [6, 6.07) is 10.7. The van der Waals surface area contributed by atoms with Crippen LogP contribution < -0.4 is 5.32 Å². The number of benzene rings is 1. The third kappa shape index (κ3) is 3.45. The predicted octanol–water partition coefficient (Wildman–Crippen LogP) is 4.01. The zero-order valence-corrected chi connectivity index (χ0v) is 14.6. The van der Waals surface area contributed by atoms with E-state index in [4.69, 9.17) is 0 Å². The van der Waals surface area contributed by atoms with E-state index >= 15 is 0 Å². The monoisotopic (exact) mass is 321 g/mol.